The van der Waals surface area contributed by atoms with E-state index < -0.39 is 0 Å². The highest BCUT2D eigenvalue weighted by Crippen LogP contribution is 2.17. The molecule has 0 aliphatic heterocycles. The molecule has 1 unspecified atom stereocenters. The molecular formula is C19H22N4O. The number of pyridine rings is 1. The van der Waals surface area contributed by atoms with Crippen molar-refractivity contribution in [1.29, 1.82) is 0 Å². The zero-order valence-electron chi connectivity index (χ0n) is 14.0. The summed E-state index contributed by atoms with van der Waals surface area (Å²) in [5.41, 5.74) is 3.02. The van der Waals surface area contributed by atoms with Gasteiger partial charge in [0.05, 0.1) is 11.7 Å². The summed E-state index contributed by atoms with van der Waals surface area (Å²) in [5, 5.41) is 2.96. The quantitative estimate of drug-likeness (QED) is 0.784. The molecule has 0 aliphatic rings. The van der Waals surface area contributed by atoms with E-state index >= 15 is 0 Å². The Kier molecular flexibility index (Phi) is 4.79. The van der Waals surface area contributed by atoms with Crippen molar-refractivity contribution in [3.63, 3.8) is 0 Å². The van der Waals surface area contributed by atoms with Crippen LogP contribution >= 0.6 is 0 Å². The fourth-order valence-corrected chi connectivity index (χ4v) is 2.66. The molecule has 0 spiro atoms. The molecule has 0 fully saturated rings. The Hall–Kier alpha value is -2.82. The summed E-state index contributed by atoms with van der Waals surface area (Å²) in [7, 11) is 1.82. The van der Waals surface area contributed by atoms with Crippen LogP contribution in [-0.2, 0) is 6.42 Å². The fourth-order valence-electron chi connectivity index (χ4n) is 2.66. The van der Waals surface area contributed by atoms with E-state index in [1.54, 1.807) is 4.90 Å². The van der Waals surface area contributed by atoms with Gasteiger partial charge in [-0.05, 0) is 24.6 Å². The number of amides is 2. The summed E-state index contributed by atoms with van der Waals surface area (Å²) in [6.45, 7) is 2.59. The minimum atomic E-state index is -0.0740. The van der Waals surface area contributed by atoms with Gasteiger partial charge in [0.25, 0.3) is 0 Å². The Balaban J connectivity index is 1.53. The van der Waals surface area contributed by atoms with E-state index in [-0.39, 0.29) is 12.1 Å². The third-order valence-corrected chi connectivity index (χ3v) is 4.25. The van der Waals surface area contributed by atoms with Crippen LogP contribution in [0.25, 0.3) is 5.65 Å². The average Bonchev–Trinajstić information content (AvgIpc) is 3.03. The number of urea groups is 1. The fraction of sp³-hybridized carbons (Fsp3) is 0.263. The summed E-state index contributed by atoms with van der Waals surface area (Å²) in [6, 6.07) is 15.9. The van der Waals surface area contributed by atoms with Crippen molar-refractivity contribution in [2.75, 3.05) is 13.6 Å². The monoisotopic (exact) mass is 322 g/mol. The maximum absolute atomic E-state index is 12.3. The standard InChI is InChI=1S/C19H22N4O/c1-15(16-8-4-3-5-9-16)22(2)19(24)20-12-11-17-14-23-13-7-6-10-18(23)21-17/h3-10,13-15H,11-12H2,1-2H3,(H,20,24). The third kappa shape index (κ3) is 3.56. The van der Waals surface area contributed by atoms with E-state index in [9.17, 15) is 4.79 Å². The Morgan fingerprint density at radius 2 is 1.96 bits per heavy atom. The first-order valence-electron chi connectivity index (χ1n) is 8.13. The molecule has 0 radical (unpaired) electrons. The van der Waals surface area contributed by atoms with E-state index in [0.717, 1.165) is 16.9 Å². The number of rotatable bonds is 5. The summed E-state index contributed by atoms with van der Waals surface area (Å²) in [5.74, 6) is 0. The van der Waals surface area contributed by atoms with Gasteiger partial charge in [0, 0.05) is 32.4 Å². The maximum atomic E-state index is 12.3. The molecule has 0 saturated carbocycles. The lowest BCUT2D eigenvalue weighted by molar-refractivity contribution is 0.194. The largest absolute Gasteiger partial charge is 0.338 e. The molecule has 2 aromatic heterocycles. The van der Waals surface area contributed by atoms with Gasteiger partial charge < -0.3 is 14.6 Å². The molecular weight excluding hydrogens is 300 g/mol. The van der Waals surface area contributed by atoms with Crippen molar-refractivity contribution in [3.8, 4) is 0 Å². The molecule has 0 bridgehead atoms. The van der Waals surface area contributed by atoms with Gasteiger partial charge in [0.2, 0.25) is 0 Å². The molecule has 2 amide bonds. The normalized spacial score (nSPS) is 12.1. The predicted octanol–water partition coefficient (Wildman–Crippen LogP) is 3.28. The van der Waals surface area contributed by atoms with E-state index in [0.29, 0.717) is 13.0 Å². The summed E-state index contributed by atoms with van der Waals surface area (Å²) in [4.78, 5) is 18.6. The highest BCUT2D eigenvalue weighted by atomic mass is 16.2. The lowest BCUT2D eigenvalue weighted by Gasteiger charge is -2.25. The van der Waals surface area contributed by atoms with Crippen LogP contribution in [0, 0.1) is 0 Å². The smallest absolute Gasteiger partial charge is 0.317 e. The van der Waals surface area contributed by atoms with Gasteiger partial charge in [-0.2, -0.15) is 0 Å². The van der Waals surface area contributed by atoms with Crippen molar-refractivity contribution >= 4 is 11.7 Å². The van der Waals surface area contributed by atoms with Crippen LogP contribution in [-0.4, -0.2) is 33.9 Å². The van der Waals surface area contributed by atoms with E-state index in [1.807, 2.05) is 79.3 Å². The number of carbonyl (C=O) groups excluding carboxylic acids is 1. The number of aromatic nitrogens is 2. The van der Waals surface area contributed by atoms with Gasteiger partial charge >= 0.3 is 6.03 Å². The number of nitrogens with one attached hydrogen (secondary N) is 1. The van der Waals surface area contributed by atoms with Gasteiger partial charge in [-0.1, -0.05) is 36.4 Å². The van der Waals surface area contributed by atoms with Crippen molar-refractivity contribution in [2.45, 2.75) is 19.4 Å². The Morgan fingerprint density at radius 3 is 2.71 bits per heavy atom. The molecule has 0 saturated heterocycles. The lowest BCUT2D eigenvalue weighted by Crippen LogP contribution is -2.39. The number of imidazole rings is 1. The minimum absolute atomic E-state index is 0.0291. The molecule has 0 aliphatic carbocycles. The highest BCUT2D eigenvalue weighted by molar-refractivity contribution is 5.74. The van der Waals surface area contributed by atoms with Crippen LogP contribution in [0.2, 0.25) is 0 Å². The van der Waals surface area contributed by atoms with E-state index in [1.165, 1.54) is 0 Å². The third-order valence-electron chi connectivity index (χ3n) is 4.25. The Morgan fingerprint density at radius 1 is 1.21 bits per heavy atom. The molecule has 24 heavy (non-hydrogen) atoms. The van der Waals surface area contributed by atoms with Crippen molar-refractivity contribution in [3.05, 3.63) is 72.2 Å². The molecule has 5 heteroatoms. The molecule has 5 nitrogen and oxygen atoms in total. The summed E-state index contributed by atoms with van der Waals surface area (Å²) in [6.07, 6.45) is 4.68. The Labute approximate surface area is 141 Å². The van der Waals surface area contributed by atoms with Gasteiger partial charge in [-0.15, -0.1) is 0 Å². The van der Waals surface area contributed by atoms with Gasteiger partial charge in [-0.3, -0.25) is 0 Å². The average molecular weight is 322 g/mol. The van der Waals surface area contributed by atoms with Crippen LogP contribution in [0.1, 0.15) is 24.2 Å². The molecule has 1 N–H and O–H groups in total. The maximum Gasteiger partial charge on any atom is 0.317 e. The van der Waals surface area contributed by atoms with Crippen LogP contribution in [0.15, 0.2) is 60.9 Å². The van der Waals surface area contributed by atoms with Gasteiger partial charge in [0.15, 0.2) is 0 Å². The van der Waals surface area contributed by atoms with Crippen LogP contribution in [0.3, 0.4) is 0 Å². The molecule has 2 heterocycles. The second-order valence-electron chi connectivity index (χ2n) is 5.88. The first-order chi connectivity index (χ1) is 11.6. The second-order valence-corrected chi connectivity index (χ2v) is 5.88. The number of nitrogens with zero attached hydrogens (tertiary/aromatic N) is 3. The number of hydrogen-bond donors (Lipinski definition) is 1. The van der Waals surface area contributed by atoms with Crippen molar-refractivity contribution < 1.29 is 4.79 Å². The molecule has 1 atom stereocenters. The molecule has 3 rings (SSSR count). The first-order valence-corrected chi connectivity index (χ1v) is 8.13. The zero-order chi connectivity index (χ0) is 16.9. The van der Waals surface area contributed by atoms with Crippen LogP contribution < -0.4 is 5.32 Å². The Bertz CT molecular complexity index is 779. The highest BCUT2D eigenvalue weighted by Gasteiger charge is 2.16. The SMILES string of the molecule is CC(c1ccccc1)N(C)C(=O)NCCc1cn2ccccc2n1. The summed E-state index contributed by atoms with van der Waals surface area (Å²) >= 11 is 0. The van der Waals surface area contributed by atoms with Crippen molar-refractivity contribution in [2.24, 2.45) is 0 Å². The zero-order valence-corrected chi connectivity index (χ0v) is 14.0. The minimum Gasteiger partial charge on any atom is -0.338 e. The molecule has 1 aromatic carbocycles. The van der Waals surface area contributed by atoms with Gasteiger partial charge in [0.1, 0.15) is 5.65 Å². The number of carbonyl (C=O) groups is 1. The van der Waals surface area contributed by atoms with Crippen LogP contribution in [0.4, 0.5) is 4.79 Å². The van der Waals surface area contributed by atoms with E-state index in [2.05, 4.69) is 10.3 Å². The van der Waals surface area contributed by atoms with Crippen molar-refractivity contribution in [1.82, 2.24) is 19.6 Å². The number of benzene rings is 1. The van der Waals surface area contributed by atoms with Gasteiger partial charge in [-0.25, -0.2) is 9.78 Å². The van der Waals surface area contributed by atoms with Crippen LogP contribution in [0.5, 0.6) is 0 Å². The molecule has 124 valence electrons. The first kappa shape index (κ1) is 16.1. The lowest BCUT2D eigenvalue weighted by atomic mass is 10.1. The second kappa shape index (κ2) is 7.17. The number of hydrogen-bond acceptors (Lipinski definition) is 2. The predicted molar refractivity (Wildman–Crippen MR) is 94.9 cm³/mol. The summed E-state index contributed by atoms with van der Waals surface area (Å²) < 4.78 is 1.99. The number of fused-ring (bicyclic) bond motifs is 1. The topological polar surface area (TPSA) is 49.6 Å². The molecule has 3 aromatic rings. The van der Waals surface area contributed by atoms with E-state index in [4.69, 9.17) is 0 Å².